The molecule has 1 heterocycles. The van der Waals surface area contributed by atoms with Gasteiger partial charge >= 0.3 is 5.97 Å². The first-order valence-electron chi connectivity index (χ1n) is 6.86. The number of esters is 1. The van der Waals surface area contributed by atoms with E-state index in [4.69, 9.17) is 9.47 Å². The van der Waals surface area contributed by atoms with Crippen LogP contribution in [-0.2, 0) is 14.3 Å². The minimum Gasteiger partial charge on any atom is -0.465 e. The molecule has 3 heteroatoms. The van der Waals surface area contributed by atoms with Crippen molar-refractivity contribution in [3.05, 3.63) is 12.7 Å². The van der Waals surface area contributed by atoms with Crippen LogP contribution in [0.3, 0.4) is 0 Å². The van der Waals surface area contributed by atoms with Gasteiger partial charge in [0.25, 0.3) is 0 Å². The minimum absolute atomic E-state index is 0.111. The van der Waals surface area contributed by atoms with E-state index in [9.17, 15) is 4.79 Å². The van der Waals surface area contributed by atoms with E-state index in [-0.39, 0.29) is 23.1 Å². The highest BCUT2D eigenvalue weighted by Crippen LogP contribution is 2.69. The molecule has 1 aliphatic heterocycles. The maximum Gasteiger partial charge on any atom is 0.315 e. The van der Waals surface area contributed by atoms with Gasteiger partial charge in [-0.15, -0.1) is 6.58 Å². The van der Waals surface area contributed by atoms with Crippen LogP contribution in [0.15, 0.2) is 12.7 Å². The highest BCUT2D eigenvalue weighted by molar-refractivity contribution is 5.81. The molecule has 0 aromatic rings. The van der Waals surface area contributed by atoms with E-state index in [1.807, 2.05) is 13.0 Å². The van der Waals surface area contributed by atoms with E-state index in [0.29, 0.717) is 13.0 Å². The van der Waals surface area contributed by atoms with Gasteiger partial charge in [-0.05, 0) is 46.0 Å². The average Bonchev–Trinajstić information content (AvgIpc) is 2.74. The smallest absolute Gasteiger partial charge is 0.315 e. The second-order valence-electron chi connectivity index (χ2n) is 6.06. The Morgan fingerprint density at radius 3 is 2.61 bits per heavy atom. The maximum atomic E-state index is 12.6. The van der Waals surface area contributed by atoms with Gasteiger partial charge in [-0.2, -0.15) is 0 Å². The summed E-state index contributed by atoms with van der Waals surface area (Å²) in [6.45, 7) is 12.4. The first-order chi connectivity index (χ1) is 8.38. The topological polar surface area (TPSA) is 38.8 Å². The van der Waals surface area contributed by atoms with Gasteiger partial charge in [-0.3, -0.25) is 4.79 Å². The van der Waals surface area contributed by atoms with Gasteiger partial charge in [0, 0.05) is 0 Å². The van der Waals surface area contributed by atoms with Crippen LogP contribution in [0.25, 0.3) is 0 Å². The molecule has 1 saturated carbocycles. The fraction of sp³-hybridized carbons (Fsp3) is 0.800. The average molecular weight is 252 g/mol. The molecule has 2 rings (SSSR count). The summed E-state index contributed by atoms with van der Waals surface area (Å²) in [6, 6.07) is 0. The Hall–Kier alpha value is -0.830. The summed E-state index contributed by atoms with van der Waals surface area (Å²) in [4.78, 5) is 12.6. The van der Waals surface area contributed by atoms with Crippen molar-refractivity contribution >= 4 is 5.97 Å². The lowest BCUT2D eigenvalue weighted by molar-refractivity contribution is -0.161. The minimum atomic E-state index is -0.547. The molecule has 0 aromatic heterocycles. The predicted octanol–water partition coefficient (Wildman–Crippen LogP) is 3.09. The predicted molar refractivity (Wildman–Crippen MR) is 70.2 cm³/mol. The largest absolute Gasteiger partial charge is 0.465 e. The molecule has 2 fully saturated rings. The molecule has 0 unspecified atom stereocenters. The normalized spacial score (nSPS) is 40.8. The van der Waals surface area contributed by atoms with Crippen molar-refractivity contribution in [3.8, 4) is 0 Å². The number of epoxide rings is 1. The summed E-state index contributed by atoms with van der Waals surface area (Å²) >= 11 is 0. The Labute approximate surface area is 110 Å². The molecule has 3 atom stereocenters. The van der Waals surface area contributed by atoms with Crippen LogP contribution in [-0.4, -0.2) is 23.8 Å². The molecule has 0 N–H and O–H groups in total. The van der Waals surface area contributed by atoms with Gasteiger partial charge < -0.3 is 9.47 Å². The monoisotopic (exact) mass is 252 g/mol. The molecule has 1 saturated heterocycles. The lowest BCUT2D eigenvalue weighted by Crippen LogP contribution is -2.48. The van der Waals surface area contributed by atoms with E-state index in [1.165, 1.54) is 0 Å². The molecular weight excluding hydrogens is 228 g/mol. The van der Waals surface area contributed by atoms with Crippen LogP contribution in [0.1, 0.15) is 47.0 Å². The third-order valence-corrected chi connectivity index (χ3v) is 4.96. The molecule has 2 aliphatic rings. The van der Waals surface area contributed by atoms with Crippen molar-refractivity contribution < 1.29 is 14.3 Å². The molecule has 1 spiro atoms. The Morgan fingerprint density at radius 1 is 1.56 bits per heavy atom. The molecular formula is C15H24O3. The van der Waals surface area contributed by atoms with Crippen LogP contribution >= 0.6 is 0 Å². The molecule has 3 nitrogen and oxygen atoms in total. The summed E-state index contributed by atoms with van der Waals surface area (Å²) in [6.07, 6.45) is 4.42. The number of carbonyl (C=O) groups is 1. The summed E-state index contributed by atoms with van der Waals surface area (Å²) in [5.74, 6) is 0.164. The summed E-state index contributed by atoms with van der Waals surface area (Å²) in [5, 5.41) is 0. The SMILES string of the molecule is C=CC[C@@]1(C(=O)OCC)[C@H](C)CC[C@]12OC2(C)C. The van der Waals surface area contributed by atoms with E-state index in [0.717, 1.165) is 12.8 Å². The van der Waals surface area contributed by atoms with Crippen LogP contribution < -0.4 is 0 Å². The second-order valence-corrected chi connectivity index (χ2v) is 6.06. The standard InChI is InChI=1S/C15H24O3/c1-6-9-14(12(16)17-7-2)11(3)8-10-15(14)13(4,5)18-15/h6,11H,1,7-10H2,2-5H3/t11-,14+,15-/m1/s1. The van der Waals surface area contributed by atoms with Crippen molar-refractivity contribution in [2.75, 3.05) is 6.61 Å². The number of ether oxygens (including phenoxy) is 2. The van der Waals surface area contributed by atoms with Crippen molar-refractivity contribution in [2.24, 2.45) is 11.3 Å². The Bertz CT molecular complexity index is 374. The lowest BCUT2D eigenvalue weighted by atomic mass is 9.66. The first kappa shape index (κ1) is 13.6. The van der Waals surface area contributed by atoms with Crippen molar-refractivity contribution in [2.45, 2.75) is 58.2 Å². The van der Waals surface area contributed by atoms with Gasteiger partial charge in [0.2, 0.25) is 0 Å². The fourth-order valence-electron chi connectivity index (χ4n) is 3.98. The molecule has 0 amide bonds. The Kier molecular flexibility index (Phi) is 3.09. The van der Waals surface area contributed by atoms with Gasteiger partial charge in [-0.25, -0.2) is 0 Å². The number of hydrogen-bond acceptors (Lipinski definition) is 3. The zero-order valence-electron chi connectivity index (χ0n) is 11.9. The first-order valence-corrected chi connectivity index (χ1v) is 6.86. The van der Waals surface area contributed by atoms with Crippen molar-refractivity contribution in [1.29, 1.82) is 0 Å². The molecule has 0 bridgehead atoms. The Morgan fingerprint density at radius 2 is 2.17 bits per heavy atom. The maximum absolute atomic E-state index is 12.6. The second kappa shape index (κ2) is 4.09. The van der Waals surface area contributed by atoms with Crippen LogP contribution in [0.4, 0.5) is 0 Å². The van der Waals surface area contributed by atoms with Crippen LogP contribution in [0, 0.1) is 11.3 Å². The fourth-order valence-corrected chi connectivity index (χ4v) is 3.98. The van der Waals surface area contributed by atoms with Crippen molar-refractivity contribution in [3.63, 3.8) is 0 Å². The van der Waals surface area contributed by atoms with E-state index in [2.05, 4.69) is 27.4 Å². The summed E-state index contributed by atoms with van der Waals surface area (Å²) < 4.78 is 11.4. The van der Waals surface area contributed by atoms with Crippen LogP contribution in [0.2, 0.25) is 0 Å². The number of allylic oxidation sites excluding steroid dienone is 1. The molecule has 0 radical (unpaired) electrons. The third-order valence-electron chi connectivity index (χ3n) is 4.96. The lowest BCUT2D eigenvalue weighted by Gasteiger charge is -2.35. The zero-order valence-corrected chi connectivity index (χ0v) is 11.9. The van der Waals surface area contributed by atoms with E-state index >= 15 is 0 Å². The van der Waals surface area contributed by atoms with Gasteiger partial charge in [0.1, 0.15) is 11.0 Å². The highest BCUT2D eigenvalue weighted by Gasteiger charge is 2.80. The number of carbonyl (C=O) groups excluding carboxylic acids is 1. The molecule has 0 aromatic carbocycles. The third kappa shape index (κ3) is 1.43. The molecule has 1 aliphatic carbocycles. The molecule has 18 heavy (non-hydrogen) atoms. The molecule has 102 valence electrons. The highest BCUT2D eigenvalue weighted by atomic mass is 16.6. The van der Waals surface area contributed by atoms with E-state index < -0.39 is 5.41 Å². The number of rotatable bonds is 4. The number of hydrogen-bond donors (Lipinski definition) is 0. The van der Waals surface area contributed by atoms with E-state index in [1.54, 1.807) is 0 Å². The quantitative estimate of drug-likeness (QED) is 0.438. The van der Waals surface area contributed by atoms with Gasteiger partial charge in [-0.1, -0.05) is 13.0 Å². The van der Waals surface area contributed by atoms with Crippen molar-refractivity contribution in [1.82, 2.24) is 0 Å². The Balaban J connectivity index is 2.43. The zero-order chi connectivity index (χ0) is 13.6. The summed E-state index contributed by atoms with van der Waals surface area (Å²) in [5.41, 5.74) is -1.12. The summed E-state index contributed by atoms with van der Waals surface area (Å²) in [7, 11) is 0. The van der Waals surface area contributed by atoms with Gasteiger partial charge in [0.05, 0.1) is 12.2 Å². The van der Waals surface area contributed by atoms with Crippen LogP contribution in [0.5, 0.6) is 0 Å². The van der Waals surface area contributed by atoms with Gasteiger partial charge in [0.15, 0.2) is 0 Å².